The predicted molar refractivity (Wildman–Crippen MR) is 286 cm³/mol. The Kier molecular flexibility index (Phi) is 10.1. The summed E-state index contributed by atoms with van der Waals surface area (Å²) < 4.78 is 0. The second kappa shape index (κ2) is 16.5. The Bertz CT molecular complexity index is 3210. The lowest BCUT2D eigenvalue weighted by atomic mass is 9.78. The third-order valence-corrected chi connectivity index (χ3v) is 15.4. The zero-order valence-corrected chi connectivity index (χ0v) is 39.2. The summed E-state index contributed by atoms with van der Waals surface area (Å²) in [5.41, 5.74) is 26.0. The normalized spacial score (nSPS) is 14.6. The van der Waals surface area contributed by atoms with Crippen molar-refractivity contribution in [3.8, 4) is 55.6 Å². The van der Waals surface area contributed by atoms with Gasteiger partial charge in [0.15, 0.2) is 0 Å². The van der Waals surface area contributed by atoms with Gasteiger partial charge in [0.25, 0.3) is 0 Å². The van der Waals surface area contributed by atoms with Gasteiger partial charge in [-0.2, -0.15) is 0 Å². The van der Waals surface area contributed by atoms with E-state index in [0.717, 1.165) is 0 Å². The molecule has 0 nitrogen and oxygen atoms in total. The zero-order valence-electron chi connectivity index (χ0n) is 39.2. The van der Waals surface area contributed by atoms with Crippen LogP contribution in [0, 0.1) is 0 Å². The lowest BCUT2D eigenvalue weighted by Gasteiger charge is -2.25. The van der Waals surface area contributed by atoms with Crippen LogP contribution >= 0.6 is 0 Å². The van der Waals surface area contributed by atoms with Crippen LogP contribution in [0.3, 0.4) is 0 Å². The van der Waals surface area contributed by atoms with Crippen LogP contribution in [0.25, 0.3) is 55.6 Å². The summed E-state index contributed by atoms with van der Waals surface area (Å²) in [7, 11) is 0. The van der Waals surface area contributed by atoms with E-state index in [1.165, 1.54) is 111 Å². The highest BCUT2D eigenvalue weighted by atomic mass is 14.4. The van der Waals surface area contributed by atoms with E-state index >= 15 is 0 Å². The van der Waals surface area contributed by atoms with Gasteiger partial charge in [0.2, 0.25) is 0 Å². The molecule has 68 heavy (non-hydrogen) atoms. The van der Waals surface area contributed by atoms with Gasteiger partial charge in [0, 0.05) is 22.7 Å². The maximum Gasteiger partial charge on any atom is 0.0340 e. The Labute approximate surface area is 402 Å². The van der Waals surface area contributed by atoms with Crippen LogP contribution in [0.15, 0.2) is 243 Å². The summed E-state index contributed by atoms with van der Waals surface area (Å²) in [6.07, 6.45) is 0. The van der Waals surface area contributed by atoms with E-state index in [1.807, 2.05) is 0 Å². The van der Waals surface area contributed by atoms with E-state index in [4.69, 9.17) is 0 Å². The lowest BCUT2D eigenvalue weighted by Crippen LogP contribution is -2.15. The molecule has 10 aromatic rings. The second-order valence-electron chi connectivity index (χ2n) is 20.0. The van der Waals surface area contributed by atoms with Crippen molar-refractivity contribution in [2.45, 2.75) is 50.4 Å². The fourth-order valence-corrected chi connectivity index (χ4v) is 11.7. The van der Waals surface area contributed by atoms with Gasteiger partial charge in [-0.15, -0.1) is 0 Å². The van der Waals surface area contributed by atoms with Crippen molar-refractivity contribution in [2.24, 2.45) is 0 Å². The molecular weight excluding hydrogens is 817 g/mol. The molecule has 2 unspecified atom stereocenters. The van der Waals surface area contributed by atoms with Crippen molar-refractivity contribution in [3.63, 3.8) is 0 Å². The smallest absolute Gasteiger partial charge is 0.0340 e. The van der Waals surface area contributed by atoms with Gasteiger partial charge in [-0.05, 0) is 111 Å². The highest BCUT2D eigenvalue weighted by Gasteiger charge is 2.37. The first-order chi connectivity index (χ1) is 33.2. The summed E-state index contributed by atoms with van der Waals surface area (Å²) in [4.78, 5) is 0. The summed E-state index contributed by atoms with van der Waals surface area (Å²) >= 11 is 0. The molecule has 0 amide bonds. The average molecular weight is 871 g/mol. The maximum atomic E-state index is 2.49. The van der Waals surface area contributed by atoms with E-state index in [1.54, 1.807) is 0 Å². The molecule has 0 radical (unpaired) electrons. The molecule has 0 saturated carbocycles. The van der Waals surface area contributed by atoms with E-state index in [0.29, 0.717) is 0 Å². The van der Waals surface area contributed by atoms with Crippen molar-refractivity contribution in [1.82, 2.24) is 0 Å². The fraction of sp³-hybridized carbons (Fsp3) is 0.118. The number of benzene rings is 10. The molecular formula is C68H54. The van der Waals surface area contributed by atoms with Crippen molar-refractivity contribution in [3.05, 3.63) is 298 Å². The molecule has 0 heteroatoms. The van der Waals surface area contributed by atoms with Crippen LogP contribution in [0.5, 0.6) is 0 Å². The van der Waals surface area contributed by atoms with Crippen molar-refractivity contribution >= 4 is 0 Å². The molecule has 10 aromatic carbocycles. The molecule has 12 rings (SSSR count). The van der Waals surface area contributed by atoms with E-state index in [9.17, 15) is 0 Å². The largest absolute Gasteiger partial charge is 0.0622 e. The Morgan fingerprint density at radius 1 is 0.221 bits per heavy atom. The monoisotopic (exact) mass is 870 g/mol. The molecule has 0 heterocycles. The van der Waals surface area contributed by atoms with Gasteiger partial charge in [-0.1, -0.05) is 270 Å². The molecule has 2 atom stereocenters. The average Bonchev–Trinajstić information content (AvgIpc) is 3.76. The number of hydrogen-bond donors (Lipinski definition) is 0. The summed E-state index contributed by atoms with van der Waals surface area (Å²) in [5.74, 6) is 0.139. The number of rotatable bonds is 9. The molecule has 0 aliphatic heterocycles. The van der Waals surface area contributed by atoms with Gasteiger partial charge in [-0.25, -0.2) is 0 Å². The highest BCUT2D eigenvalue weighted by Crippen LogP contribution is 2.52. The van der Waals surface area contributed by atoms with Crippen molar-refractivity contribution in [1.29, 1.82) is 0 Å². The minimum absolute atomic E-state index is 0.0696. The Morgan fingerprint density at radius 3 is 0.794 bits per heavy atom. The molecule has 0 spiro atoms. The SMILES string of the molecule is CC1(C)c2ccccc2-c2ccc(C(c3ccc(-c4ccccc4)cc3)c3ccc(-c4ccc(C(c5ccc(-c6ccccc6)cc5)c5ccc6c(c5)C(C)(C)c5ccccc5-6)cc4)cc3)cc21. The summed E-state index contributed by atoms with van der Waals surface area (Å²) in [6, 6.07) is 90.9. The number of hydrogen-bond acceptors (Lipinski definition) is 0. The molecule has 0 bridgehead atoms. The molecule has 0 fully saturated rings. The predicted octanol–water partition coefficient (Wildman–Crippen LogP) is 17.7. The molecule has 2 aliphatic rings. The summed E-state index contributed by atoms with van der Waals surface area (Å²) in [6.45, 7) is 9.50. The summed E-state index contributed by atoms with van der Waals surface area (Å²) in [5, 5.41) is 0. The Balaban J connectivity index is 0.898. The molecule has 0 aromatic heterocycles. The molecule has 2 aliphatic carbocycles. The van der Waals surface area contributed by atoms with E-state index < -0.39 is 0 Å². The van der Waals surface area contributed by atoms with E-state index in [-0.39, 0.29) is 22.7 Å². The Hall–Kier alpha value is -7.80. The zero-order chi connectivity index (χ0) is 46.0. The third-order valence-electron chi connectivity index (χ3n) is 15.4. The van der Waals surface area contributed by atoms with Gasteiger partial charge in [-0.3, -0.25) is 0 Å². The maximum absolute atomic E-state index is 2.49. The standard InChI is InChI=1S/C68H54/c1-67(2)61-21-13-11-19-57(61)59-41-39-55(43-63(59)67)65(51-31-23-47(24-32-51)45-15-7-5-8-16-45)53-35-27-49(28-36-53)50-29-37-54(38-30-50)66(52-33-25-48(26-34-52)46-17-9-6-10-18-46)56-40-42-60-58-20-12-14-22-62(58)68(3,4)64(60)44-56/h5-44,65-66H,1-4H3. The van der Waals surface area contributed by atoms with Crippen LogP contribution in [-0.4, -0.2) is 0 Å². The van der Waals surface area contributed by atoms with Gasteiger partial charge >= 0.3 is 0 Å². The second-order valence-corrected chi connectivity index (χ2v) is 20.0. The molecule has 326 valence electrons. The van der Waals surface area contributed by atoms with Crippen LogP contribution in [0.2, 0.25) is 0 Å². The van der Waals surface area contributed by atoms with Crippen LogP contribution in [0.1, 0.15) is 95.2 Å². The Morgan fingerprint density at radius 2 is 0.471 bits per heavy atom. The topological polar surface area (TPSA) is 0 Å². The lowest BCUT2D eigenvalue weighted by molar-refractivity contribution is 0.658. The van der Waals surface area contributed by atoms with Crippen molar-refractivity contribution in [2.75, 3.05) is 0 Å². The third kappa shape index (κ3) is 7.06. The van der Waals surface area contributed by atoms with Gasteiger partial charge in [0.1, 0.15) is 0 Å². The minimum atomic E-state index is -0.0761. The minimum Gasteiger partial charge on any atom is -0.0622 e. The van der Waals surface area contributed by atoms with Gasteiger partial charge in [0.05, 0.1) is 0 Å². The first-order valence-electron chi connectivity index (χ1n) is 24.2. The fourth-order valence-electron chi connectivity index (χ4n) is 11.7. The van der Waals surface area contributed by atoms with Crippen LogP contribution in [0.4, 0.5) is 0 Å². The first-order valence-corrected chi connectivity index (χ1v) is 24.2. The van der Waals surface area contributed by atoms with Gasteiger partial charge < -0.3 is 0 Å². The quantitative estimate of drug-likeness (QED) is 0.127. The van der Waals surface area contributed by atoms with E-state index in [2.05, 4.69) is 270 Å². The highest BCUT2D eigenvalue weighted by molar-refractivity contribution is 5.83. The van der Waals surface area contributed by atoms with Crippen molar-refractivity contribution < 1.29 is 0 Å². The number of fused-ring (bicyclic) bond motifs is 6. The van der Waals surface area contributed by atoms with Crippen LogP contribution in [-0.2, 0) is 10.8 Å². The first kappa shape index (κ1) is 41.6. The van der Waals surface area contributed by atoms with Crippen LogP contribution < -0.4 is 0 Å². The molecule has 0 saturated heterocycles. The molecule has 0 N–H and O–H groups in total.